The maximum Gasteiger partial charge on any atom is 0.161 e. The summed E-state index contributed by atoms with van der Waals surface area (Å²) in [4.78, 5) is 0. The molecule has 2 rings (SSSR count). The van der Waals surface area contributed by atoms with E-state index in [0.717, 1.165) is 16.8 Å². The van der Waals surface area contributed by atoms with Gasteiger partial charge in [0.05, 0.1) is 12.8 Å². The fraction of sp³-hybridized carbons (Fsp3) is 0.357. The SMILES string of the molecule is COc1cc(CN)ccc1OCc1c(C)nn(C)c1Cl. The molecule has 0 atom stereocenters. The molecule has 0 aliphatic carbocycles. The molecule has 0 bridgehead atoms. The molecule has 0 radical (unpaired) electrons. The molecule has 0 amide bonds. The Morgan fingerprint density at radius 3 is 2.65 bits per heavy atom. The predicted octanol–water partition coefficient (Wildman–Crippen LogP) is 2.43. The van der Waals surface area contributed by atoms with E-state index in [2.05, 4.69) is 5.10 Å². The normalized spacial score (nSPS) is 10.7. The first-order chi connectivity index (χ1) is 9.56. The Hall–Kier alpha value is -1.72. The summed E-state index contributed by atoms with van der Waals surface area (Å²) in [7, 11) is 3.40. The van der Waals surface area contributed by atoms with E-state index in [-0.39, 0.29) is 0 Å². The van der Waals surface area contributed by atoms with Gasteiger partial charge in [-0.1, -0.05) is 17.7 Å². The monoisotopic (exact) mass is 295 g/mol. The van der Waals surface area contributed by atoms with Gasteiger partial charge in [0.1, 0.15) is 11.8 Å². The summed E-state index contributed by atoms with van der Waals surface area (Å²) < 4.78 is 12.7. The fourth-order valence-electron chi connectivity index (χ4n) is 1.95. The molecule has 2 N–H and O–H groups in total. The largest absolute Gasteiger partial charge is 0.493 e. The van der Waals surface area contributed by atoms with Gasteiger partial charge >= 0.3 is 0 Å². The zero-order valence-corrected chi connectivity index (χ0v) is 12.6. The molecule has 6 heteroatoms. The van der Waals surface area contributed by atoms with Crippen molar-refractivity contribution in [3.8, 4) is 11.5 Å². The highest BCUT2D eigenvalue weighted by atomic mass is 35.5. The number of rotatable bonds is 5. The molecule has 5 nitrogen and oxygen atoms in total. The van der Waals surface area contributed by atoms with Gasteiger partial charge in [-0.05, 0) is 24.6 Å². The number of aromatic nitrogens is 2. The predicted molar refractivity (Wildman–Crippen MR) is 78.2 cm³/mol. The Morgan fingerprint density at radius 2 is 2.10 bits per heavy atom. The van der Waals surface area contributed by atoms with Gasteiger partial charge in [0.15, 0.2) is 11.5 Å². The van der Waals surface area contributed by atoms with Crippen LogP contribution < -0.4 is 15.2 Å². The molecular formula is C14H18ClN3O2. The molecule has 1 aromatic carbocycles. The molecule has 0 fully saturated rings. The molecule has 0 aliphatic heterocycles. The Kier molecular flexibility index (Phi) is 4.52. The van der Waals surface area contributed by atoms with Crippen LogP contribution in [0.15, 0.2) is 18.2 Å². The average Bonchev–Trinajstić information content (AvgIpc) is 2.70. The van der Waals surface area contributed by atoms with Gasteiger partial charge in [0.25, 0.3) is 0 Å². The highest BCUT2D eigenvalue weighted by Crippen LogP contribution is 2.30. The summed E-state index contributed by atoms with van der Waals surface area (Å²) in [5.74, 6) is 1.31. The van der Waals surface area contributed by atoms with Crippen LogP contribution in [0.1, 0.15) is 16.8 Å². The summed E-state index contributed by atoms with van der Waals surface area (Å²) in [6, 6.07) is 5.63. The first-order valence-corrected chi connectivity index (χ1v) is 6.62. The lowest BCUT2D eigenvalue weighted by Gasteiger charge is -2.11. The fourth-order valence-corrected chi connectivity index (χ4v) is 2.18. The number of hydrogen-bond acceptors (Lipinski definition) is 4. The number of aryl methyl sites for hydroxylation is 2. The minimum Gasteiger partial charge on any atom is -0.493 e. The van der Waals surface area contributed by atoms with Gasteiger partial charge in [-0.15, -0.1) is 0 Å². The number of nitrogens with two attached hydrogens (primary N) is 1. The van der Waals surface area contributed by atoms with E-state index in [1.54, 1.807) is 18.8 Å². The number of nitrogens with zero attached hydrogens (tertiary/aromatic N) is 2. The van der Waals surface area contributed by atoms with E-state index in [4.69, 9.17) is 26.8 Å². The second-order valence-electron chi connectivity index (χ2n) is 4.46. The van der Waals surface area contributed by atoms with E-state index >= 15 is 0 Å². The molecule has 0 saturated carbocycles. The van der Waals surface area contributed by atoms with Crippen molar-refractivity contribution < 1.29 is 9.47 Å². The molecule has 108 valence electrons. The molecule has 0 aliphatic rings. The molecule has 0 saturated heterocycles. The molecule has 1 aromatic heterocycles. The Morgan fingerprint density at radius 1 is 1.35 bits per heavy atom. The van der Waals surface area contributed by atoms with Crippen molar-refractivity contribution in [2.45, 2.75) is 20.1 Å². The molecule has 2 aromatic rings. The van der Waals surface area contributed by atoms with Gasteiger partial charge in [0, 0.05) is 19.2 Å². The van der Waals surface area contributed by atoms with Crippen LogP contribution in [0.2, 0.25) is 5.15 Å². The number of ether oxygens (including phenoxy) is 2. The lowest BCUT2D eigenvalue weighted by Crippen LogP contribution is -2.01. The van der Waals surface area contributed by atoms with Crippen molar-refractivity contribution >= 4 is 11.6 Å². The smallest absolute Gasteiger partial charge is 0.161 e. The second kappa shape index (κ2) is 6.15. The van der Waals surface area contributed by atoms with Gasteiger partial charge in [0.2, 0.25) is 0 Å². The third-order valence-corrected chi connectivity index (χ3v) is 3.58. The highest BCUT2D eigenvalue weighted by molar-refractivity contribution is 6.30. The average molecular weight is 296 g/mol. The van der Waals surface area contributed by atoms with E-state index in [9.17, 15) is 0 Å². The minimum atomic E-state index is 0.344. The van der Waals surface area contributed by atoms with Crippen molar-refractivity contribution in [2.75, 3.05) is 7.11 Å². The van der Waals surface area contributed by atoms with Crippen LogP contribution in [-0.2, 0) is 20.2 Å². The van der Waals surface area contributed by atoms with Crippen molar-refractivity contribution in [3.63, 3.8) is 0 Å². The van der Waals surface area contributed by atoms with E-state index < -0.39 is 0 Å². The maximum absolute atomic E-state index is 6.17. The van der Waals surface area contributed by atoms with Crippen LogP contribution >= 0.6 is 11.6 Å². The zero-order valence-electron chi connectivity index (χ0n) is 11.8. The molecule has 0 unspecified atom stereocenters. The number of halogens is 1. The van der Waals surface area contributed by atoms with Crippen LogP contribution in [0.5, 0.6) is 11.5 Å². The van der Waals surface area contributed by atoms with E-state index in [0.29, 0.717) is 29.8 Å². The van der Waals surface area contributed by atoms with Crippen molar-refractivity contribution in [1.29, 1.82) is 0 Å². The quantitative estimate of drug-likeness (QED) is 0.920. The van der Waals surface area contributed by atoms with Crippen LogP contribution in [0.3, 0.4) is 0 Å². The highest BCUT2D eigenvalue weighted by Gasteiger charge is 2.13. The van der Waals surface area contributed by atoms with Crippen molar-refractivity contribution in [2.24, 2.45) is 12.8 Å². The Labute approximate surface area is 123 Å². The van der Waals surface area contributed by atoms with Gasteiger partial charge in [-0.3, -0.25) is 4.68 Å². The van der Waals surface area contributed by atoms with E-state index in [1.165, 1.54) is 0 Å². The maximum atomic E-state index is 6.17. The first-order valence-electron chi connectivity index (χ1n) is 6.24. The minimum absolute atomic E-state index is 0.344. The van der Waals surface area contributed by atoms with Gasteiger partial charge in [-0.2, -0.15) is 5.10 Å². The molecule has 20 heavy (non-hydrogen) atoms. The van der Waals surface area contributed by atoms with Crippen LogP contribution in [0.4, 0.5) is 0 Å². The lowest BCUT2D eigenvalue weighted by molar-refractivity contribution is 0.283. The molecule has 1 heterocycles. The zero-order chi connectivity index (χ0) is 14.7. The Bertz CT molecular complexity index is 611. The van der Waals surface area contributed by atoms with Crippen LogP contribution in [0.25, 0.3) is 0 Å². The second-order valence-corrected chi connectivity index (χ2v) is 4.81. The topological polar surface area (TPSA) is 62.3 Å². The van der Waals surface area contributed by atoms with Crippen LogP contribution in [-0.4, -0.2) is 16.9 Å². The molecular weight excluding hydrogens is 278 g/mol. The van der Waals surface area contributed by atoms with Crippen molar-refractivity contribution in [3.05, 3.63) is 40.2 Å². The summed E-state index contributed by atoms with van der Waals surface area (Å²) in [5.41, 5.74) is 8.33. The summed E-state index contributed by atoms with van der Waals surface area (Å²) in [6.45, 7) is 2.71. The third kappa shape index (κ3) is 2.89. The summed E-state index contributed by atoms with van der Waals surface area (Å²) >= 11 is 6.17. The first kappa shape index (κ1) is 14.7. The van der Waals surface area contributed by atoms with E-state index in [1.807, 2.05) is 25.1 Å². The number of benzene rings is 1. The number of methoxy groups -OCH3 is 1. The third-order valence-electron chi connectivity index (χ3n) is 3.11. The standard InChI is InChI=1S/C14H18ClN3O2/c1-9-11(14(15)18(2)17-9)8-20-12-5-4-10(7-16)6-13(12)19-3/h4-6H,7-8,16H2,1-3H3. The van der Waals surface area contributed by atoms with Gasteiger partial charge in [-0.25, -0.2) is 0 Å². The van der Waals surface area contributed by atoms with Crippen molar-refractivity contribution in [1.82, 2.24) is 9.78 Å². The molecule has 0 spiro atoms. The van der Waals surface area contributed by atoms with Gasteiger partial charge < -0.3 is 15.2 Å². The number of hydrogen-bond donors (Lipinski definition) is 1. The summed E-state index contributed by atoms with van der Waals surface area (Å²) in [6.07, 6.45) is 0. The lowest BCUT2D eigenvalue weighted by atomic mass is 10.2. The summed E-state index contributed by atoms with van der Waals surface area (Å²) in [5, 5.41) is 4.83. The Balaban J connectivity index is 2.18. The van der Waals surface area contributed by atoms with Crippen LogP contribution in [0, 0.1) is 6.92 Å².